The smallest absolute Gasteiger partial charge is 0.188 e. The maximum absolute atomic E-state index is 13.9. The molecule has 0 aliphatic rings. The van der Waals surface area contributed by atoms with Gasteiger partial charge in [0.1, 0.15) is 34.6 Å². The second-order valence-corrected chi connectivity index (χ2v) is 40.6. The van der Waals surface area contributed by atoms with Gasteiger partial charge in [-0.15, -0.1) is 0 Å². The summed E-state index contributed by atoms with van der Waals surface area (Å²) in [5.74, 6) is 7.71. The van der Waals surface area contributed by atoms with Crippen molar-refractivity contribution in [2.45, 2.75) is 166 Å². The van der Waals surface area contributed by atoms with Gasteiger partial charge in [0, 0.05) is 129 Å². The van der Waals surface area contributed by atoms with E-state index in [0.29, 0.717) is 69.6 Å². The number of halogens is 1. The van der Waals surface area contributed by atoms with Gasteiger partial charge in [0.15, 0.2) is 68.5 Å². The van der Waals surface area contributed by atoms with E-state index < -0.39 is 0 Å². The zero-order valence-electron chi connectivity index (χ0n) is 81.0. The Labute approximate surface area is 778 Å². The van der Waals surface area contributed by atoms with Gasteiger partial charge < -0.3 is 102 Å². The van der Waals surface area contributed by atoms with Crippen molar-refractivity contribution in [3.05, 3.63) is 232 Å². The molecule has 21 nitrogen and oxygen atoms in total. The SMILES string of the molecule is CCNCc1cccc(C)c1Pc1ccccc1OCOC.COCOc1c(OC)cc(OC)cc1Pc1ccc(F)cc1CNC(C)(C)C.COCOc1c(OC)cc(OC)cc1Pc1ccccc1CNC(C)(C)C.COCOc1c(OC)cccc1Pc1c(C)cccc1CNC(C)(C)C.COCOc1ccc(OC)cc1Pc1ccc(C)cc1CNC(C)(C)C. The van der Waals surface area contributed by atoms with Gasteiger partial charge in [0.25, 0.3) is 0 Å². The number of hydrogen-bond acceptors (Lipinski definition) is 21. The zero-order chi connectivity index (χ0) is 94.7. The van der Waals surface area contributed by atoms with Gasteiger partial charge in [-0.1, -0.05) is 171 Å². The fourth-order valence-electron chi connectivity index (χ4n) is 12.4. The first-order valence-corrected chi connectivity index (χ1v) is 47.8. The summed E-state index contributed by atoms with van der Waals surface area (Å²) in [5.41, 5.74) is 10.2. The highest BCUT2D eigenvalue weighted by atomic mass is 31.1. The Morgan fingerprint density at radius 1 is 0.279 bits per heavy atom. The second kappa shape index (κ2) is 56.5. The number of hydrogen-bond donors (Lipinski definition) is 5. The second-order valence-electron chi connectivity index (χ2n) is 34.0. The molecule has 0 heterocycles. The van der Waals surface area contributed by atoms with Crippen molar-refractivity contribution in [3.63, 3.8) is 0 Å². The van der Waals surface area contributed by atoms with E-state index >= 15 is 0 Å². The van der Waals surface area contributed by atoms with Crippen LogP contribution in [0.2, 0.25) is 0 Å². The molecule has 27 heteroatoms. The van der Waals surface area contributed by atoms with Crippen LogP contribution in [0.15, 0.2) is 182 Å². The molecule has 10 aromatic carbocycles. The molecule has 0 spiro atoms. The molecule has 0 fully saturated rings. The van der Waals surface area contributed by atoms with E-state index in [1.165, 1.54) is 71.5 Å². The van der Waals surface area contributed by atoms with Gasteiger partial charge in [-0.3, -0.25) is 0 Å². The van der Waals surface area contributed by atoms with Crippen LogP contribution in [0.25, 0.3) is 0 Å². The standard InChI is InChI=1S/C21H29FNO4P.C21H30NO4P.2C21H30NO3P.C18H24NO2P/c1-21(2,3)23-12-14-9-15(22)7-8-18(14)28-19-11-16(25-5)10-17(26-6)20(19)27-13-24-4;1-21(2,3)22-13-15-9-7-8-10-18(15)27-19-12-16(24-5)11-17(25-6)20(19)26-14-23-4;1-15-7-10-19(16(11-15)13-22-21(2,3)4)26-20-12-17(24-6)8-9-18(20)25-14-23-5;1-15-9-7-10-16(13-22-21(2,3)4)20(15)26-18-12-8-11-17(24-6)19(18)25-14-23-5;1-4-19-12-15-9-7-8-14(2)18(15)22-17-11-6-5-10-16(17)21-13-20-3/h7-11,23,28H,12-13H2,1-6H3;7-12,22,27H,13-14H2,1-6H3;2*7-12,22,26H,13-14H2,1-6H3;5-11,19,22H,4,12-13H2,1-3H3. The molecule has 0 saturated heterocycles. The van der Waals surface area contributed by atoms with Crippen molar-refractivity contribution in [1.29, 1.82) is 0 Å². The summed E-state index contributed by atoms with van der Waals surface area (Å²) in [6.45, 7) is 40.4. The summed E-state index contributed by atoms with van der Waals surface area (Å²) >= 11 is 0. The molecule has 0 amide bonds. The Kier molecular flexibility index (Phi) is 48.0. The Hall–Kier alpha value is -8.32. The fourth-order valence-corrected chi connectivity index (χ4v) is 19.0. The van der Waals surface area contributed by atoms with Gasteiger partial charge in [-0.2, -0.15) is 0 Å². The predicted molar refractivity (Wildman–Crippen MR) is 542 cm³/mol. The first-order chi connectivity index (χ1) is 61.6. The van der Waals surface area contributed by atoms with Crippen LogP contribution in [0.3, 0.4) is 0 Å². The van der Waals surface area contributed by atoms with E-state index in [4.69, 9.17) is 75.8 Å². The Morgan fingerprint density at radius 3 is 1.12 bits per heavy atom. The predicted octanol–water partition coefficient (Wildman–Crippen LogP) is 16.3. The zero-order valence-corrected chi connectivity index (χ0v) is 86.0. The van der Waals surface area contributed by atoms with Crippen LogP contribution in [-0.4, -0.2) is 141 Å². The highest BCUT2D eigenvalue weighted by Gasteiger charge is 2.23. The number of para-hydroxylation sites is 2. The molecule has 0 aliphatic carbocycles. The highest BCUT2D eigenvalue weighted by molar-refractivity contribution is 7.57. The molecule has 10 rings (SSSR count). The quantitative estimate of drug-likeness (QED) is 0.0178. The fraction of sp³-hybridized carbons (Fsp3) is 0.412. The number of nitrogens with one attached hydrogen (secondary N) is 5. The maximum Gasteiger partial charge on any atom is 0.188 e. The van der Waals surface area contributed by atoms with Crippen LogP contribution in [0.5, 0.6) is 63.2 Å². The Balaban J connectivity index is 0.000000249. The summed E-state index contributed by atoms with van der Waals surface area (Å²) in [6, 6.07) is 60.6. The van der Waals surface area contributed by atoms with Crippen molar-refractivity contribution >= 4 is 95.9 Å². The summed E-state index contributed by atoms with van der Waals surface area (Å²) in [5, 5.41) is 29.3. The lowest BCUT2D eigenvalue weighted by atomic mass is 10.1. The van der Waals surface area contributed by atoms with Crippen LogP contribution < -0.4 is 132 Å². The molecule has 704 valence electrons. The van der Waals surface area contributed by atoms with E-state index in [9.17, 15) is 4.39 Å². The monoisotopic (exact) mass is 1870 g/mol. The van der Waals surface area contributed by atoms with Crippen molar-refractivity contribution < 1.29 is 80.2 Å². The summed E-state index contributed by atoms with van der Waals surface area (Å²) in [6.07, 6.45) is 0. The number of ether oxygens (including phenoxy) is 16. The average Bonchev–Trinajstić information content (AvgIpc) is 0.821. The summed E-state index contributed by atoms with van der Waals surface area (Å²) in [4.78, 5) is 0. The van der Waals surface area contributed by atoms with E-state index in [0.717, 1.165) is 99.3 Å². The molecular formula is C102H143FN5O16P5. The minimum atomic E-state index is -0.252. The molecule has 0 bridgehead atoms. The third-order valence-electron chi connectivity index (χ3n) is 19.1. The largest absolute Gasteiger partial charge is 0.497 e. The molecule has 0 saturated carbocycles. The summed E-state index contributed by atoms with van der Waals surface area (Å²) < 4.78 is 101. The number of aryl methyl sites for hydroxylation is 3. The van der Waals surface area contributed by atoms with Crippen LogP contribution >= 0.6 is 42.9 Å². The van der Waals surface area contributed by atoms with Crippen molar-refractivity contribution in [1.82, 2.24) is 26.6 Å². The van der Waals surface area contributed by atoms with Crippen LogP contribution in [0.1, 0.15) is 135 Å². The van der Waals surface area contributed by atoms with Crippen LogP contribution in [0, 0.1) is 26.6 Å². The molecule has 10 aromatic rings. The van der Waals surface area contributed by atoms with Gasteiger partial charge >= 0.3 is 0 Å². The molecule has 5 N–H and O–H groups in total. The Morgan fingerprint density at radius 2 is 0.643 bits per heavy atom. The topological polar surface area (TPSA) is 208 Å². The highest BCUT2D eigenvalue weighted by Crippen LogP contribution is 2.38. The number of methoxy groups -OCH3 is 11. The molecule has 0 radical (unpaired) electrons. The van der Waals surface area contributed by atoms with Crippen LogP contribution in [0.4, 0.5) is 4.39 Å². The molecule has 5 unspecified atom stereocenters. The lowest BCUT2D eigenvalue weighted by molar-refractivity contribution is 0.0498. The van der Waals surface area contributed by atoms with Gasteiger partial charge in [0.05, 0.1) is 42.7 Å². The van der Waals surface area contributed by atoms with Gasteiger partial charge in [-0.25, -0.2) is 4.39 Å². The minimum absolute atomic E-state index is 0.0577. The molecule has 5 atom stereocenters. The van der Waals surface area contributed by atoms with Crippen LogP contribution in [-0.2, 0) is 56.4 Å². The third kappa shape index (κ3) is 38.8. The lowest BCUT2D eigenvalue weighted by Crippen LogP contribution is -2.36. The molecule has 0 aliphatic heterocycles. The number of benzene rings is 10. The van der Waals surface area contributed by atoms with E-state index in [-0.39, 0.29) is 70.5 Å². The average molecular weight is 1870 g/mol. The molecule has 0 aromatic heterocycles. The van der Waals surface area contributed by atoms with Crippen molar-refractivity contribution in [3.8, 4) is 63.2 Å². The minimum Gasteiger partial charge on any atom is -0.497 e. The third-order valence-corrected chi connectivity index (χ3v) is 26.6. The van der Waals surface area contributed by atoms with E-state index in [2.05, 4.69) is 234 Å². The first kappa shape index (κ1) is 109. The molecular weight excluding hydrogens is 1730 g/mol. The lowest BCUT2D eigenvalue weighted by Gasteiger charge is -2.23. The van der Waals surface area contributed by atoms with Crippen molar-refractivity contribution in [2.75, 3.05) is 119 Å². The normalized spacial score (nSPS) is 11.8. The summed E-state index contributed by atoms with van der Waals surface area (Å²) in [7, 11) is 20.0. The maximum atomic E-state index is 13.9. The van der Waals surface area contributed by atoms with E-state index in [1.54, 1.807) is 90.3 Å². The number of rotatable bonds is 42. The molecule has 129 heavy (non-hydrogen) atoms. The first-order valence-electron chi connectivity index (χ1n) is 42.8. The van der Waals surface area contributed by atoms with Crippen molar-refractivity contribution in [2.24, 2.45) is 0 Å². The Bertz CT molecular complexity index is 5010. The van der Waals surface area contributed by atoms with E-state index in [1.807, 2.05) is 66.7 Å². The van der Waals surface area contributed by atoms with Gasteiger partial charge in [0.2, 0.25) is 0 Å². The van der Waals surface area contributed by atoms with Gasteiger partial charge in [-0.05, 0) is 230 Å².